The number of aryl methyl sites for hydroxylation is 2. The first kappa shape index (κ1) is 15.8. The fourth-order valence-corrected chi connectivity index (χ4v) is 4.74. The van der Waals surface area contributed by atoms with Crippen molar-refractivity contribution in [2.24, 2.45) is 0 Å². The maximum absolute atomic E-state index is 4.86. The molecule has 5 heterocycles. The molecule has 5 rings (SSSR count). The average molecular weight is 364 g/mol. The Labute approximate surface area is 155 Å². The molecule has 1 aliphatic rings. The van der Waals surface area contributed by atoms with Crippen LogP contribution in [0.2, 0.25) is 0 Å². The summed E-state index contributed by atoms with van der Waals surface area (Å²) in [7, 11) is 0. The van der Waals surface area contributed by atoms with Crippen LogP contribution in [0, 0.1) is 13.8 Å². The number of hydrogen-bond donors (Lipinski definition) is 1. The number of aromatic nitrogens is 5. The number of nitrogens with one attached hydrogen (secondary N) is 1. The van der Waals surface area contributed by atoms with Gasteiger partial charge in [-0.25, -0.2) is 14.5 Å². The maximum Gasteiger partial charge on any atom is 0.156 e. The molecule has 1 N–H and O–H groups in total. The van der Waals surface area contributed by atoms with Crippen LogP contribution < -0.4 is 5.32 Å². The number of thiophene rings is 1. The minimum atomic E-state index is 0.582. The highest BCUT2D eigenvalue weighted by Gasteiger charge is 2.19. The molecule has 0 saturated carbocycles. The number of fused-ring (bicyclic) bond motifs is 2. The predicted octanol–water partition coefficient (Wildman–Crippen LogP) is 3.48. The van der Waals surface area contributed by atoms with E-state index in [4.69, 9.17) is 4.98 Å². The zero-order valence-corrected chi connectivity index (χ0v) is 15.7. The number of hydrogen-bond acceptors (Lipinski definition) is 6. The quantitative estimate of drug-likeness (QED) is 0.590. The van der Waals surface area contributed by atoms with E-state index < -0.39 is 0 Å². The van der Waals surface area contributed by atoms with Gasteiger partial charge in [0.05, 0.1) is 18.1 Å². The molecule has 1 atom stereocenters. The van der Waals surface area contributed by atoms with Crippen LogP contribution in [0.5, 0.6) is 0 Å². The molecule has 0 amide bonds. The maximum atomic E-state index is 4.86. The number of piperidine rings is 1. The number of nitrogens with zero attached hydrogens (tertiary/aromatic N) is 5. The highest BCUT2D eigenvalue weighted by molar-refractivity contribution is 7.18. The lowest BCUT2D eigenvalue weighted by Crippen LogP contribution is -2.27. The highest BCUT2D eigenvalue weighted by Crippen LogP contribution is 2.33. The van der Waals surface area contributed by atoms with E-state index in [0.717, 1.165) is 51.7 Å². The molecule has 7 heteroatoms. The molecular weight excluding hydrogens is 344 g/mol. The molecular formula is C19H20N6S. The molecule has 4 aromatic heterocycles. The molecule has 0 spiro atoms. The fraction of sp³-hybridized carbons (Fsp3) is 0.368. The predicted molar refractivity (Wildman–Crippen MR) is 104 cm³/mol. The van der Waals surface area contributed by atoms with Gasteiger partial charge in [-0.1, -0.05) is 0 Å². The summed E-state index contributed by atoms with van der Waals surface area (Å²) in [6, 6.07) is 4.24. The lowest BCUT2D eigenvalue weighted by atomic mass is 9.98. The summed E-state index contributed by atoms with van der Waals surface area (Å²) in [5.41, 5.74) is 5.56. The van der Waals surface area contributed by atoms with Crippen molar-refractivity contribution in [3.63, 3.8) is 0 Å². The van der Waals surface area contributed by atoms with Crippen LogP contribution in [-0.4, -0.2) is 37.7 Å². The van der Waals surface area contributed by atoms with Crippen molar-refractivity contribution in [1.29, 1.82) is 0 Å². The van der Waals surface area contributed by atoms with E-state index in [0.29, 0.717) is 5.92 Å². The highest BCUT2D eigenvalue weighted by atomic mass is 32.1. The lowest BCUT2D eigenvalue weighted by Gasteiger charge is -2.21. The fourth-order valence-electron chi connectivity index (χ4n) is 3.62. The average Bonchev–Trinajstić information content (AvgIpc) is 3.24. The molecule has 1 saturated heterocycles. The molecule has 0 aromatic carbocycles. The molecule has 1 aliphatic heterocycles. The van der Waals surface area contributed by atoms with Crippen LogP contribution in [0.25, 0.3) is 27.4 Å². The Morgan fingerprint density at radius 2 is 2.12 bits per heavy atom. The molecule has 132 valence electrons. The second kappa shape index (κ2) is 6.10. The monoisotopic (exact) mass is 364 g/mol. The third-order valence-electron chi connectivity index (χ3n) is 4.95. The van der Waals surface area contributed by atoms with Gasteiger partial charge >= 0.3 is 0 Å². The Hall–Kier alpha value is -2.38. The van der Waals surface area contributed by atoms with E-state index in [1.54, 1.807) is 11.3 Å². The van der Waals surface area contributed by atoms with E-state index in [1.165, 1.54) is 17.7 Å². The largest absolute Gasteiger partial charge is 0.316 e. The Kier molecular flexibility index (Phi) is 3.72. The van der Waals surface area contributed by atoms with Gasteiger partial charge in [0.1, 0.15) is 21.7 Å². The summed E-state index contributed by atoms with van der Waals surface area (Å²) >= 11 is 1.76. The van der Waals surface area contributed by atoms with Crippen LogP contribution >= 0.6 is 11.3 Å². The van der Waals surface area contributed by atoms with Gasteiger partial charge in [-0.15, -0.1) is 11.3 Å². The van der Waals surface area contributed by atoms with Gasteiger partial charge in [-0.2, -0.15) is 5.10 Å². The van der Waals surface area contributed by atoms with Crippen molar-refractivity contribution < 1.29 is 0 Å². The molecule has 4 aromatic rings. The summed E-state index contributed by atoms with van der Waals surface area (Å²) in [5, 5.41) is 8.16. The summed E-state index contributed by atoms with van der Waals surface area (Å²) in [4.78, 5) is 16.4. The summed E-state index contributed by atoms with van der Waals surface area (Å²) in [6.45, 7) is 6.21. The topological polar surface area (TPSA) is 68.0 Å². The molecule has 0 aliphatic carbocycles. The zero-order valence-electron chi connectivity index (χ0n) is 14.9. The first-order valence-corrected chi connectivity index (χ1v) is 9.80. The van der Waals surface area contributed by atoms with Crippen molar-refractivity contribution in [3.05, 3.63) is 40.7 Å². The van der Waals surface area contributed by atoms with Crippen LogP contribution in [0.15, 0.2) is 24.5 Å². The summed E-state index contributed by atoms with van der Waals surface area (Å²) < 4.78 is 1.83. The van der Waals surface area contributed by atoms with E-state index in [1.807, 2.05) is 29.9 Å². The third kappa shape index (κ3) is 2.68. The van der Waals surface area contributed by atoms with Gasteiger partial charge < -0.3 is 5.32 Å². The van der Waals surface area contributed by atoms with Crippen molar-refractivity contribution in [1.82, 2.24) is 29.9 Å². The van der Waals surface area contributed by atoms with Crippen molar-refractivity contribution >= 4 is 27.3 Å². The SMILES string of the molecule is Cc1cn2nc(-c3cnc4cc(C5CCCNC5)sc4n3)cc(C)c2n1. The second-order valence-corrected chi connectivity index (χ2v) is 8.06. The van der Waals surface area contributed by atoms with Crippen LogP contribution in [0.3, 0.4) is 0 Å². The summed E-state index contributed by atoms with van der Waals surface area (Å²) in [5.74, 6) is 0.582. The van der Waals surface area contributed by atoms with E-state index in [9.17, 15) is 0 Å². The van der Waals surface area contributed by atoms with Gasteiger partial charge in [0.2, 0.25) is 0 Å². The number of imidazole rings is 1. The standard InChI is InChI=1S/C19H20N6S/c1-11-6-14(24-25-10-12(2)22-18(11)25)16-9-21-15-7-17(26-19(15)23-16)13-4-3-5-20-8-13/h6-7,9-10,13,20H,3-5,8H2,1-2H3. The molecule has 0 radical (unpaired) electrons. The normalized spacial score (nSPS) is 18.0. The minimum absolute atomic E-state index is 0.582. The van der Waals surface area contributed by atoms with Crippen molar-refractivity contribution in [2.45, 2.75) is 32.6 Å². The van der Waals surface area contributed by atoms with Crippen LogP contribution in [0.4, 0.5) is 0 Å². The molecule has 1 fully saturated rings. The Balaban J connectivity index is 1.56. The lowest BCUT2D eigenvalue weighted by molar-refractivity contribution is 0.466. The Bertz CT molecular complexity index is 1110. The Morgan fingerprint density at radius 3 is 2.96 bits per heavy atom. The van der Waals surface area contributed by atoms with Crippen LogP contribution in [0.1, 0.15) is 34.9 Å². The smallest absolute Gasteiger partial charge is 0.156 e. The van der Waals surface area contributed by atoms with Gasteiger partial charge in [0.25, 0.3) is 0 Å². The first-order valence-electron chi connectivity index (χ1n) is 8.98. The van der Waals surface area contributed by atoms with Crippen molar-refractivity contribution in [2.75, 3.05) is 13.1 Å². The first-order chi connectivity index (χ1) is 12.7. The van der Waals surface area contributed by atoms with Crippen molar-refractivity contribution in [3.8, 4) is 11.4 Å². The van der Waals surface area contributed by atoms with Gasteiger partial charge in [-0.3, -0.25) is 4.98 Å². The van der Waals surface area contributed by atoms with E-state index in [2.05, 4.69) is 33.4 Å². The second-order valence-electron chi connectivity index (χ2n) is 7.00. The van der Waals surface area contributed by atoms with Gasteiger partial charge in [0.15, 0.2) is 5.65 Å². The number of rotatable bonds is 2. The molecule has 0 bridgehead atoms. The Morgan fingerprint density at radius 1 is 1.19 bits per heavy atom. The van der Waals surface area contributed by atoms with E-state index in [-0.39, 0.29) is 0 Å². The van der Waals surface area contributed by atoms with Gasteiger partial charge in [-0.05, 0) is 50.9 Å². The molecule has 1 unspecified atom stereocenters. The minimum Gasteiger partial charge on any atom is -0.316 e. The summed E-state index contributed by atoms with van der Waals surface area (Å²) in [6.07, 6.45) is 6.25. The zero-order chi connectivity index (χ0) is 17.7. The molecule has 6 nitrogen and oxygen atoms in total. The third-order valence-corrected chi connectivity index (χ3v) is 6.13. The van der Waals surface area contributed by atoms with Gasteiger partial charge in [0, 0.05) is 17.3 Å². The van der Waals surface area contributed by atoms with Crippen LogP contribution in [-0.2, 0) is 0 Å². The van der Waals surface area contributed by atoms with E-state index >= 15 is 0 Å². The molecule has 26 heavy (non-hydrogen) atoms.